The van der Waals surface area contributed by atoms with E-state index in [4.69, 9.17) is 0 Å². The summed E-state index contributed by atoms with van der Waals surface area (Å²) in [5.41, 5.74) is -0.439. The number of aryl methyl sites for hydroxylation is 1. The van der Waals surface area contributed by atoms with Crippen molar-refractivity contribution >= 4 is 5.78 Å². The minimum Gasteiger partial charge on any atom is -0.338 e. The van der Waals surface area contributed by atoms with Crippen LogP contribution < -0.4 is 0 Å². The average molecular weight is 209 g/mol. The summed E-state index contributed by atoms with van der Waals surface area (Å²) in [5.74, 6) is 0.997. The van der Waals surface area contributed by atoms with Crippen LogP contribution in [0.4, 0.5) is 0 Å². The molecule has 0 radical (unpaired) electrons. The molecule has 1 aromatic rings. The zero-order chi connectivity index (χ0) is 11.6. The number of hydrogen-bond donors (Lipinski definition) is 0. The van der Waals surface area contributed by atoms with Gasteiger partial charge in [0.15, 0.2) is 5.78 Å². The van der Waals surface area contributed by atoms with Gasteiger partial charge >= 0.3 is 0 Å². The topological polar surface area (TPSA) is 38.1 Å². The van der Waals surface area contributed by atoms with Crippen molar-refractivity contribution in [2.75, 3.05) is 14.1 Å². The van der Waals surface area contributed by atoms with Gasteiger partial charge in [0, 0.05) is 19.4 Å². The minimum atomic E-state index is -0.439. The van der Waals surface area contributed by atoms with Crippen LogP contribution in [-0.2, 0) is 18.3 Å². The highest BCUT2D eigenvalue weighted by Gasteiger charge is 2.30. The molecule has 84 valence electrons. The molecule has 1 rings (SSSR count). The summed E-state index contributed by atoms with van der Waals surface area (Å²) >= 11 is 0. The predicted octanol–water partition coefficient (Wildman–Crippen LogP) is 0.872. The first-order valence-electron chi connectivity index (χ1n) is 5.02. The lowest BCUT2D eigenvalue weighted by Crippen LogP contribution is -2.46. The second-order valence-electron chi connectivity index (χ2n) is 4.51. The molecule has 0 saturated carbocycles. The van der Waals surface area contributed by atoms with E-state index in [1.807, 2.05) is 50.7 Å². The van der Waals surface area contributed by atoms with Crippen LogP contribution in [0.3, 0.4) is 0 Å². The van der Waals surface area contributed by atoms with E-state index in [1.54, 1.807) is 6.20 Å². The zero-order valence-corrected chi connectivity index (χ0v) is 10.1. The maximum absolute atomic E-state index is 12.0. The van der Waals surface area contributed by atoms with Crippen LogP contribution in [-0.4, -0.2) is 39.9 Å². The lowest BCUT2D eigenvalue weighted by Gasteiger charge is -2.30. The first kappa shape index (κ1) is 11.9. The van der Waals surface area contributed by atoms with Gasteiger partial charge in [0.1, 0.15) is 5.82 Å². The van der Waals surface area contributed by atoms with E-state index in [1.165, 1.54) is 0 Å². The Labute approximate surface area is 90.9 Å². The number of aromatic nitrogens is 2. The molecule has 15 heavy (non-hydrogen) atoms. The molecule has 0 atom stereocenters. The Morgan fingerprint density at radius 1 is 1.53 bits per heavy atom. The molecule has 0 aliphatic heterocycles. The SMILES string of the molecule is CN(C)C(C)(C)C(=O)Cc1nccn1C. The lowest BCUT2D eigenvalue weighted by molar-refractivity contribution is -0.127. The maximum Gasteiger partial charge on any atom is 0.159 e. The molecule has 0 amide bonds. The van der Waals surface area contributed by atoms with Crippen molar-refractivity contribution in [3.63, 3.8) is 0 Å². The Balaban J connectivity index is 2.76. The molecule has 0 bridgehead atoms. The molecule has 0 unspecified atom stereocenters. The van der Waals surface area contributed by atoms with Gasteiger partial charge in [0.05, 0.1) is 12.0 Å². The van der Waals surface area contributed by atoms with Crippen molar-refractivity contribution in [2.45, 2.75) is 25.8 Å². The minimum absolute atomic E-state index is 0.182. The highest BCUT2D eigenvalue weighted by atomic mass is 16.1. The fraction of sp³-hybridized carbons (Fsp3) is 0.636. The molecule has 0 fully saturated rings. The van der Waals surface area contributed by atoms with E-state index in [2.05, 4.69) is 4.98 Å². The summed E-state index contributed by atoms with van der Waals surface area (Å²) in [6.45, 7) is 3.86. The standard InChI is InChI=1S/C11H19N3O/c1-11(2,13(3)4)9(15)8-10-12-6-7-14(10)5/h6-7H,8H2,1-5H3. The first-order valence-corrected chi connectivity index (χ1v) is 5.02. The summed E-state index contributed by atoms with van der Waals surface area (Å²) in [7, 11) is 5.73. The highest BCUT2D eigenvalue weighted by Crippen LogP contribution is 2.14. The first-order chi connectivity index (χ1) is 6.85. The summed E-state index contributed by atoms with van der Waals surface area (Å²) in [6, 6.07) is 0. The maximum atomic E-state index is 12.0. The third-order valence-corrected chi connectivity index (χ3v) is 3.04. The molecule has 0 aliphatic carbocycles. The van der Waals surface area contributed by atoms with E-state index >= 15 is 0 Å². The van der Waals surface area contributed by atoms with Crippen molar-refractivity contribution in [1.29, 1.82) is 0 Å². The van der Waals surface area contributed by atoms with Gasteiger partial charge in [-0.3, -0.25) is 9.69 Å². The zero-order valence-electron chi connectivity index (χ0n) is 10.1. The molecule has 0 N–H and O–H groups in total. The van der Waals surface area contributed by atoms with Crippen molar-refractivity contribution in [2.24, 2.45) is 7.05 Å². The van der Waals surface area contributed by atoms with Crippen LogP contribution in [0.25, 0.3) is 0 Å². The van der Waals surface area contributed by atoms with Crippen LogP contribution in [0.5, 0.6) is 0 Å². The summed E-state index contributed by atoms with van der Waals surface area (Å²) in [6.07, 6.45) is 3.95. The molecule has 0 aromatic carbocycles. The van der Waals surface area contributed by atoms with Crippen LogP contribution in [0.1, 0.15) is 19.7 Å². The highest BCUT2D eigenvalue weighted by molar-refractivity contribution is 5.88. The third-order valence-electron chi connectivity index (χ3n) is 3.04. The number of rotatable bonds is 4. The monoisotopic (exact) mass is 209 g/mol. The smallest absolute Gasteiger partial charge is 0.159 e. The van der Waals surface area contributed by atoms with E-state index in [9.17, 15) is 4.79 Å². The molecule has 4 nitrogen and oxygen atoms in total. The van der Waals surface area contributed by atoms with E-state index < -0.39 is 5.54 Å². The van der Waals surface area contributed by atoms with Gasteiger partial charge in [0.2, 0.25) is 0 Å². The Kier molecular flexibility index (Phi) is 3.29. The molecule has 0 saturated heterocycles. The Morgan fingerprint density at radius 3 is 2.53 bits per heavy atom. The number of nitrogens with zero attached hydrogens (tertiary/aromatic N) is 3. The molecular weight excluding hydrogens is 190 g/mol. The van der Waals surface area contributed by atoms with Crippen molar-refractivity contribution in [3.8, 4) is 0 Å². The normalized spacial score (nSPS) is 12.1. The van der Waals surface area contributed by atoms with Gasteiger partial charge in [-0.05, 0) is 27.9 Å². The Bertz CT molecular complexity index is 352. The summed E-state index contributed by atoms with van der Waals surface area (Å²) in [4.78, 5) is 18.1. The average Bonchev–Trinajstić information content (AvgIpc) is 2.51. The predicted molar refractivity (Wildman–Crippen MR) is 59.7 cm³/mol. The van der Waals surface area contributed by atoms with E-state index in [-0.39, 0.29) is 5.78 Å². The van der Waals surface area contributed by atoms with Crippen molar-refractivity contribution < 1.29 is 4.79 Å². The number of hydrogen-bond acceptors (Lipinski definition) is 3. The number of carbonyl (C=O) groups is 1. The second kappa shape index (κ2) is 4.14. The van der Waals surface area contributed by atoms with Crippen LogP contribution in [0.15, 0.2) is 12.4 Å². The lowest BCUT2D eigenvalue weighted by atomic mass is 9.95. The van der Waals surface area contributed by atoms with Gasteiger partial charge in [-0.1, -0.05) is 0 Å². The van der Waals surface area contributed by atoms with Crippen LogP contribution in [0, 0.1) is 0 Å². The van der Waals surface area contributed by atoms with E-state index in [0.717, 1.165) is 5.82 Å². The van der Waals surface area contributed by atoms with Gasteiger partial charge in [0.25, 0.3) is 0 Å². The number of carbonyl (C=O) groups excluding carboxylic acids is 1. The number of likely N-dealkylation sites (N-methyl/N-ethyl adjacent to an activating group) is 1. The summed E-state index contributed by atoms with van der Waals surface area (Å²) < 4.78 is 1.88. The molecule has 4 heteroatoms. The number of ketones is 1. The van der Waals surface area contributed by atoms with Gasteiger partial charge in [-0.2, -0.15) is 0 Å². The molecule has 0 aliphatic rings. The third kappa shape index (κ3) is 2.45. The van der Waals surface area contributed by atoms with Gasteiger partial charge in [-0.15, -0.1) is 0 Å². The van der Waals surface area contributed by atoms with Crippen molar-refractivity contribution in [1.82, 2.24) is 14.5 Å². The van der Waals surface area contributed by atoms with Gasteiger partial charge < -0.3 is 4.57 Å². The largest absolute Gasteiger partial charge is 0.338 e. The molecule has 1 heterocycles. The number of Topliss-reactive ketones (excluding diaryl/α,β-unsaturated/α-hetero) is 1. The molecular formula is C11H19N3O. The quantitative estimate of drug-likeness (QED) is 0.738. The summed E-state index contributed by atoms with van der Waals surface area (Å²) in [5, 5.41) is 0. The fourth-order valence-electron chi connectivity index (χ4n) is 1.18. The Hall–Kier alpha value is -1.16. The van der Waals surface area contributed by atoms with Crippen molar-refractivity contribution in [3.05, 3.63) is 18.2 Å². The molecule has 1 aromatic heterocycles. The van der Waals surface area contributed by atoms with Crippen LogP contribution >= 0.6 is 0 Å². The second-order valence-corrected chi connectivity index (χ2v) is 4.51. The fourth-order valence-corrected chi connectivity index (χ4v) is 1.18. The Morgan fingerprint density at radius 2 is 2.13 bits per heavy atom. The van der Waals surface area contributed by atoms with Crippen LogP contribution in [0.2, 0.25) is 0 Å². The van der Waals surface area contributed by atoms with Gasteiger partial charge in [-0.25, -0.2) is 4.98 Å². The molecule has 0 spiro atoms. The number of imidazole rings is 1. The van der Waals surface area contributed by atoms with E-state index in [0.29, 0.717) is 6.42 Å².